The van der Waals surface area contributed by atoms with Gasteiger partial charge in [0.15, 0.2) is 0 Å². The number of thiocarbonyl (C=S) groups is 1. The maximum Gasteiger partial charge on any atom is 0.124 e. The van der Waals surface area contributed by atoms with E-state index in [0.29, 0.717) is 17.5 Å². The van der Waals surface area contributed by atoms with E-state index in [9.17, 15) is 4.39 Å². The first kappa shape index (κ1) is 14.4. The second-order valence-corrected chi connectivity index (χ2v) is 5.98. The van der Waals surface area contributed by atoms with Gasteiger partial charge >= 0.3 is 0 Å². The number of rotatable bonds is 3. The summed E-state index contributed by atoms with van der Waals surface area (Å²) in [5.41, 5.74) is 7.15. The van der Waals surface area contributed by atoms with Crippen LogP contribution < -0.4 is 5.73 Å². The monoisotopic (exact) mass is 280 g/mol. The summed E-state index contributed by atoms with van der Waals surface area (Å²) in [6, 6.07) is 5.41. The molecular formula is C15H21FN2S. The van der Waals surface area contributed by atoms with Gasteiger partial charge < -0.3 is 5.73 Å². The highest BCUT2D eigenvalue weighted by Gasteiger charge is 2.24. The molecule has 19 heavy (non-hydrogen) atoms. The summed E-state index contributed by atoms with van der Waals surface area (Å²) in [6.07, 6.45) is 2.49. The van der Waals surface area contributed by atoms with Crippen LogP contribution in [-0.4, -0.2) is 22.5 Å². The maximum atomic E-state index is 13.6. The zero-order valence-electron chi connectivity index (χ0n) is 11.5. The third kappa shape index (κ3) is 3.51. The number of hydrogen-bond donors (Lipinski definition) is 1. The number of nitrogens with zero attached hydrogens (tertiary/aromatic N) is 1. The molecule has 0 radical (unpaired) electrons. The van der Waals surface area contributed by atoms with E-state index in [1.807, 2.05) is 6.07 Å². The molecule has 0 saturated carbocycles. The fraction of sp³-hybridized carbons (Fsp3) is 0.533. The van der Waals surface area contributed by atoms with Crippen LogP contribution >= 0.6 is 12.2 Å². The van der Waals surface area contributed by atoms with Crippen molar-refractivity contribution in [2.45, 2.75) is 39.3 Å². The molecule has 1 aromatic rings. The van der Waals surface area contributed by atoms with Gasteiger partial charge in [-0.05, 0) is 56.0 Å². The van der Waals surface area contributed by atoms with E-state index >= 15 is 0 Å². The highest BCUT2D eigenvalue weighted by Crippen LogP contribution is 2.24. The van der Waals surface area contributed by atoms with Crippen LogP contribution in [0.5, 0.6) is 0 Å². The van der Waals surface area contributed by atoms with E-state index < -0.39 is 0 Å². The molecule has 2 rings (SSSR count). The van der Waals surface area contributed by atoms with E-state index in [1.54, 1.807) is 6.07 Å². The first-order valence-corrected chi connectivity index (χ1v) is 7.21. The molecule has 1 heterocycles. The molecule has 2 nitrogen and oxygen atoms in total. The minimum atomic E-state index is -0.266. The highest BCUT2D eigenvalue weighted by atomic mass is 32.1. The molecule has 104 valence electrons. The number of benzene rings is 1. The third-order valence-electron chi connectivity index (χ3n) is 4.13. The minimum absolute atomic E-state index is 0.251. The number of likely N-dealkylation sites (tertiary alicyclic amines) is 1. The Bertz CT molecular complexity index is 475. The van der Waals surface area contributed by atoms with Crippen molar-refractivity contribution in [3.05, 3.63) is 35.1 Å². The molecule has 2 unspecified atom stereocenters. The normalized spacial score (nSPS) is 24.4. The smallest absolute Gasteiger partial charge is 0.124 e. The molecule has 1 aliphatic rings. The van der Waals surface area contributed by atoms with Crippen molar-refractivity contribution in [1.82, 2.24) is 4.90 Å². The Kier molecular flexibility index (Phi) is 4.53. The first-order chi connectivity index (χ1) is 8.97. The molecule has 2 N–H and O–H groups in total. The molecule has 0 amide bonds. The van der Waals surface area contributed by atoms with Gasteiger partial charge in [0, 0.05) is 18.2 Å². The summed E-state index contributed by atoms with van der Waals surface area (Å²) in [4.78, 5) is 2.66. The standard InChI is InChI=1S/C15H21FN2S/c1-10-4-3-5-18(11(10)2)9-12-6-13(15(17)19)8-14(16)7-12/h6-8,10-11H,3-5,9H2,1-2H3,(H2,17,19). The maximum absolute atomic E-state index is 13.6. The number of piperidine rings is 1. The summed E-state index contributed by atoms with van der Waals surface area (Å²) in [7, 11) is 0. The summed E-state index contributed by atoms with van der Waals surface area (Å²) >= 11 is 4.93. The van der Waals surface area contributed by atoms with Crippen LogP contribution in [0.4, 0.5) is 4.39 Å². The van der Waals surface area contributed by atoms with Crippen LogP contribution in [0.25, 0.3) is 0 Å². The summed E-state index contributed by atoms with van der Waals surface area (Å²) in [6.45, 7) is 6.36. The molecule has 1 aromatic carbocycles. The Morgan fingerprint density at radius 1 is 1.42 bits per heavy atom. The Hall–Kier alpha value is -1.00. The fourth-order valence-electron chi connectivity index (χ4n) is 2.76. The van der Waals surface area contributed by atoms with Gasteiger partial charge in [-0.25, -0.2) is 4.39 Å². The topological polar surface area (TPSA) is 29.3 Å². The van der Waals surface area contributed by atoms with Crippen molar-refractivity contribution < 1.29 is 4.39 Å². The molecule has 0 bridgehead atoms. The predicted molar refractivity (Wildman–Crippen MR) is 80.6 cm³/mol. The average Bonchev–Trinajstić information content (AvgIpc) is 2.34. The first-order valence-electron chi connectivity index (χ1n) is 6.80. The lowest BCUT2D eigenvalue weighted by atomic mass is 9.91. The van der Waals surface area contributed by atoms with Gasteiger partial charge in [0.05, 0.1) is 0 Å². The lowest BCUT2D eigenvalue weighted by Gasteiger charge is -2.38. The van der Waals surface area contributed by atoms with Crippen molar-refractivity contribution in [3.63, 3.8) is 0 Å². The van der Waals surface area contributed by atoms with Gasteiger partial charge in [-0.3, -0.25) is 4.90 Å². The molecule has 0 spiro atoms. The molecule has 2 atom stereocenters. The van der Waals surface area contributed by atoms with Gasteiger partial charge in [-0.2, -0.15) is 0 Å². The Labute approximate surface area is 119 Å². The molecule has 1 fully saturated rings. The summed E-state index contributed by atoms with van der Waals surface area (Å²) in [5.74, 6) is 0.426. The Morgan fingerprint density at radius 3 is 2.84 bits per heavy atom. The van der Waals surface area contributed by atoms with Crippen molar-refractivity contribution in [2.75, 3.05) is 6.54 Å². The third-order valence-corrected chi connectivity index (χ3v) is 4.37. The SMILES string of the molecule is CC1CCCN(Cc2cc(F)cc(C(N)=S)c2)C1C. The molecular weight excluding hydrogens is 259 g/mol. The molecule has 0 aromatic heterocycles. The lowest BCUT2D eigenvalue weighted by Crippen LogP contribution is -2.41. The van der Waals surface area contributed by atoms with Gasteiger partial charge in [0.2, 0.25) is 0 Å². The largest absolute Gasteiger partial charge is 0.389 e. The van der Waals surface area contributed by atoms with Crippen LogP contribution in [0.3, 0.4) is 0 Å². The highest BCUT2D eigenvalue weighted by molar-refractivity contribution is 7.80. The number of hydrogen-bond acceptors (Lipinski definition) is 2. The van der Waals surface area contributed by atoms with Gasteiger partial charge in [-0.15, -0.1) is 0 Å². The molecule has 1 aliphatic heterocycles. The van der Waals surface area contributed by atoms with E-state index in [0.717, 1.165) is 18.7 Å². The zero-order chi connectivity index (χ0) is 14.0. The summed E-state index contributed by atoms with van der Waals surface area (Å²) < 4.78 is 13.6. The van der Waals surface area contributed by atoms with Crippen molar-refractivity contribution in [3.8, 4) is 0 Å². The van der Waals surface area contributed by atoms with Gasteiger partial charge in [0.25, 0.3) is 0 Å². The zero-order valence-corrected chi connectivity index (χ0v) is 12.3. The van der Waals surface area contributed by atoms with E-state index in [4.69, 9.17) is 18.0 Å². The van der Waals surface area contributed by atoms with E-state index in [-0.39, 0.29) is 10.8 Å². The van der Waals surface area contributed by atoms with Crippen molar-refractivity contribution >= 4 is 17.2 Å². The van der Waals surface area contributed by atoms with E-state index in [2.05, 4.69) is 18.7 Å². The number of nitrogens with two attached hydrogens (primary N) is 1. The van der Waals surface area contributed by atoms with Gasteiger partial charge in [0.1, 0.15) is 10.8 Å². The second kappa shape index (κ2) is 5.97. The van der Waals surface area contributed by atoms with Crippen LogP contribution in [0.15, 0.2) is 18.2 Å². The van der Waals surface area contributed by atoms with Crippen LogP contribution in [0.2, 0.25) is 0 Å². The Balaban J connectivity index is 2.16. The van der Waals surface area contributed by atoms with Crippen LogP contribution in [0, 0.1) is 11.7 Å². The number of halogens is 1. The fourth-order valence-corrected chi connectivity index (χ4v) is 2.88. The quantitative estimate of drug-likeness (QED) is 0.863. The van der Waals surface area contributed by atoms with Gasteiger partial charge in [-0.1, -0.05) is 19.1 Å². The predicted octanol–water partition coefficient (Wildman–Crippen LogP) is 3.08. The van der Waals surface area contributed by atoms with E-state index in [1.165, 1.54) is 18.9 Å². The second-order valence-electron chi connectivity index (χ2n) is 5.54. The van der Waals surface area contributed by atoms with Crippen molar-refractivity contribution in [1.29, 1.82) is 0 Å². The molecule has 1 saturated heterocycles. The molecule has 4 heteroatoms. The Morgan fingerprint density at radius 2 is 2.16 bits per heavy atom. The van der Waals surface area contributed by atoms with Crippen molar-refractivity contribution in [2.24, 2.45) is 11.7 Å². The molecule has 0 aliphatic carbocycles. The lowest BCUT2D eigenvalue weighted by molar-refractivity contribution is 0.106. The summed E-state index contributed by atoms with van der Waals surface area (Å²) in [5, 5.41) is 0. The average molecular weight is 280 g/mol. The van der Waals surface area contributed by atoms with Crippen LogP contribution in [-0.2, 0) is 6.54 Å². The minimum Gasteiger partial charge on any atom is -0.389 e. The van der Waals surface area contributed by atoms with Crippen LogP contribution in [0.1, 0.15) is 37.8 Å².